The molecule has 20 heavy (non-hydrogen) atoms. The molecule has 0 saturated carbocycles. The normalized spacial score (nSPS) is 16.9. The van der Waals surface area contributed by atoms with Gasteiger partial charge in [-0.05, 0) is 35.6 Å². The van der Waals surface area contributed by atoms with Gasteiger partial charge >= 0.3 is 0 Å². The number of ether oxygens (including phenoxy) is 1. The molecule has 1 heterocycles. The quantitative estimate of drug-likeness (QED) is 0.917. The molecular formula is C18H21NO. The van der Waals surface area contributed by atoms with Crippen LogP contribution in [0.1, 0.15) is 42.0 Å². The van der Waals surface area contributed by atoms with Gasteiger partial charge in [0.2, 0.25) is 0 Å². The van der Waals surface area contributed by atoms with Gasteiger partial charge in [-0.25, -0.2) is 0 Å². The van der Waals surface area contributed by atoms with Gasteiger partial charge in [-0.3, -0.25) is 0 Å². The number of rotatable bonds is 3. The zero-order valence-electron chi connectivity index (χ0n) is 11.9. The molecule has 0 spiro atoms. The maximum absolute atomic E-state index is 6.46. The lowest BCUT2D eigenvalue weighted by Crippen LogP contribution is -2.18. The summed E-state index contributed by atoms with van der Waals surface area (Å²) in [4.78, 5) is 0. The van der Waals surface area contributed by atoms with Crippen LogP contribution in [0.15, 0.2) is 48.5 Å². The Morgan fingerprint density at radius 3 is 2.65 bits per heavy atom. The fourth-order valence-corrected chi connectivity index (χ4v) is 2.84. The van der Waals surface area contributed by atoms with Crippen LogP contribution in [0.2, 0.25) is 0 Å². The van der Waals surface area contributed by atoms with E-state index in [0.717, 1.165) is 25.2 Å². The smallest absolute Gasteiger partial charge is 0.122 e. The van der Waals surface area contributed by atoms with Crippen molar-refractivity contribution in [1.29, 1.82) is 0 Å². The minimum absolute atomic E-state index is 0.0182. The molecule has 0 amide bonds. The van der Waals surface area contributed by atoms with Gasteiger partial charge in [0, 0.05) is 12.0 Å². The number of hydrogen-bond acceptors (Lipinski definition) is 2. The minimum atomic E-state index is 0.0182. The molecule has 0 fully saturated rings. The van der Waals surface area contributed by atoms with Gasteiger partial charge in [-0.1, -0.05) is 49.4 Å². The molecule has 104 valence electrons. The van der Waals surface area contributed by atoms with Crippen molar-refractivity contribution < 1.29 is 4.74 Å². The van der Waals surface area contributed by atoms with Gasteiger partial charge in [0.05, 0.1) is 6.61 Å². The van der Waals surface area contributed by atoms with Gasteiger partial charge in [-0.2, -0.15) is 0 Å². The molecule has 0 aromatic heterocycles. The Kier molecular flexibility index (Phi) is 3.75. The maximum Gasteiger partial charge on any atom is 0.122 e. The van der Waals surface area contributed by atoms with Crippen LogP contribution in [0.5, 0.6) is 5.75 Å². The summed E-state index contributed by atoms with van der Waals surface area (Å²) in [5, 5.41) is 0. The minimum Gasteiger partial charge on any atom is -0.493 e. The summed E-state index contributed by atoms with van der Waals surface area (Å²) in [7, 11) is 0. The number of benzene rings is 2. The Hall–Kier alpha value is -1.80. The van der Waals surface area contributed by atoms with Gasteiger partial charge in [-0.15, -0.1) is 0 Å². The average Bonchev–Trinajstić information content (AvgIpc) is 2.54. The van der Waals surface area contributed by atoms with Gasteiger partial charge in [0.15, 0.2) is 0 Å². The standard InChI is InChI=1S/C18H21NO/c1-13(14-6-3-2-4-7-14)18(19)16-9-10-17-15(12-16)8-5-11-20-17/h2-4,6-7,9-10,12-13,18H,5,8,11,19H2,1H3. The van der Waals surface area contributed by atoms with E-state index < -0.39 is 0 Å². The van der Waals surface area contributed by atoms with Crippen LogP contribution < -0.4 is 10.5 Å². The molecule has 0 bridgehead atoms. The summed E-state index contributed by atoms with van der Waals surface area (Å²) in [5.41, 5.74) is 10.2. The van der Waals surface area contributed by atoms with Crippen LogP contribution in [0, 0.1) is 0 Å². The molecule has 2 atom stereocenters. The number of aryl methyl sites for hydroxylation is 1. The van der Waals surface area contributed by atoms with E-state index in [1.54, 1.807) is 0 Å². The molecule has 1 aliphatic heterocycles. The van der Waals surface area contributed by atoms with E-state index in [1.807, 2.05) is 6.07 Å². The van der Waals surface area contributed by atoms with E-state index in [-0.39, 0.29) is 6.04 Å². The number of hydrogen-bond donors (Lipinski definition) is 1. The second-order valence-corrected chi connectivity index (χ2v) is 5.54. The van der Waals surface area contributed by atoms with Crippen molar-refractivity contribution in [3.05, 3.63) is 65.2 Å². The Labute approximate surface area is 120 Å². The fourth-order valence-electron chi connectivity index (χ4n) is 2.84. The van der Waals surface area contributed by atoms with E-state index in [1.165, 1.54) is 16.7 Å². The lowest BCUT2D eigenvalue weighted by atomic mass is 9.88. The van der Waals surface area contributed by atoms with E-state index in [0.29, 0.717) is 5.92 Å². The van der Waals surface area contributed by atoms with Crippen LogP contribution in [-0.4, -0.2) is 6.61 Å². The topological polar surface area (TPSA) is 35.2 Å². The SMILES string of the molecule is CC(c1ccccc1)C(N)c1ccc2c(c1)CCCO2. The predicted molar refractivity (Wildman–Crippen MR) is 82.0 cm³/mol. The first-order valence-electron chi connectivity index (χ1n) is 7.32. The van der Waals surface area contributed by atoms with Crippen molar-refractivity contribution in [1.82, 2.24) is 0 Å². The summed E-state index contributed by atoms with van der Waals surface area (Å²) >= 11 is 0. The highest BCUT2D eigenvalue weighted by molar-refractivity contribution is 5.40. The number of fused-ring (bicyclic) bond motifs is 1. The first-order valence-corrected chi connectivity index (χ1v) is 7.32. The van der Waals surface area contributed by atoms with Crippen molar-refractivity contribution in [2.24, 2.45) is 5.73 Å². The van der Waals surface area contributed by atoms with Crippen LogP contribution in [0.3, 0.4) is 0 Å². The summed E-state index contributed by atoms with van der Waals surface area (Å²) in [6.07, 6.45) is 2.19. The highest BCUT2D eigenvalue weighted by Crippen LogP contribution is 2.32. The first-order chi connectivity index (χ1) is 9.75. The molecule has 0 saturated heterocycles. The molecule has 3 rings (SSSR count). The van der Waals surface area contributed by atoms with Crippen molar-refractivity contribution >= 4 is 0 Å². The first kappa shape index (κ1) is 13.2. The predicted octanol–water partition coefficient (Wildman–Crippen LogP) is 3.82. The highest BCUT2D eigenvalue weighted by atomic mass is 16.5. The van der Waals surface area contributed by atoms with Gasteiger partial charge in [0.1, 0.15) is 5.75 Å². The summed E-state index contributed by atoms with van der Waals surface area (Å²) in [5.74, 6) is 1.33. The zero-order valence-corrected chi connectivity index (χ0v) is 11.9. The lowest BCUT2D eigenvalue weighted by molar-refractivity contribution is 0.288. The van der Waals surface area contributed by atoms with E-state index in [9.17, 15) is 0 Å². The summed E-state index contributed by atoms with van der Waals surface area (Å²) < 4.78 is 5.66. The third-order valence-electron chi connectivity index (χ3n) is 4.18. The van der Waals surface area contributed by atoms with Crippen molar-refractivity contribution in [2.45, 2.75) is 31.7 Å². The van der Waals surface area contributed by atoms with Crippen LogP contribution in [-0.2, 0) is 6.42 Å². The monoisotopic (exact) mass is 267 g/mol. The summed E-state index contributed by atoms with van der Waals surface area (Å²) in [6, 6.07) is 16.9. The van der Waals surface area contributed by atoms with E-state index in [4.69, 9.17) is 10.5 Å². The number of nitrogens with two attached hydrogens (primary N) is 1. The van der Waals surface area contributed by atoms with Crippen LogP contribution in [0.25, 0.3) is 0 Å². The molecule has 0 radical (unpaired) electrons. The van der Waals surface area contributed by atoms with Gasteiger partial charge in [0.25, 0.3) is 0 Å². The Bertz CT molecular complexity index is 579. The zero-order chi connectivity index (χ0) is 13.9. The van der Waals surface area contributed by atoms with E-state index in [2.05, 4.69) is 49.4 Å². The maximum atomic E-state index is 6.46. The second-order valence-electron chi connectivity index (χ2n) is 5.54. The molecule has 2 aromatic rings. The fraction of sp³-hybridized carbons (Fsp3) is 0.333. The lowest BCUT2D eigenvalue weighted by Gasteiger charge is -2.23. The van der Waals surface area contributed by atoms with Crippen molar-refractivity contribution in [2.75, 3.05) is 6.61 Å². The second kappa shape index (κ2) is 5.68. The molecular weight excluding hydrogens is 246 g/mol. The molecule has 2 unspecified atom stereocenters. The Balaban J connectivity index is 1.85. The molecule has 2 nitrogen and oxygen atoms in total. The summed E-state index contributed by atoms with van der Waals surface area (Å²) in [6.45, 7) is 3.02. The molecule has 1 aliphatic rings. The van der Waals surface area contributed by atoms with E-state index >= 15 is 0 Å². The third-order valence-corrected chi connectivity index (χ3v) is 4.18. The Morgan fingerprint density at radius 1 is 1.05 bits per heavy atom. The largest absolute Gasteiger partial charge is 0.493 e. The Morgan fingerprint density at radius 2 is 1.85 bits per heavy atom. The molecule has 2 aromatic carbocycles. The van der Waals surface area contributed by atoms with Crippen LogP contribution in [0.4, 0.5) is 0 Å². The van der Waals surface area contributed by atoms with Crippen LogP contribution >= 0.6 is 0 Å². The average molecular weight is 267 g/mol. The highest BCUT2D eigenvalue weighted by Gasteiger charge is 2.19. The van der Waals surface area contributed by atoms with Crippen molar-refractivity contribution in [3.63, 3.8) is 0 Å². The van der Waals surface area contributed by atoms with Gasteiger partial charge < -0.3 is 10.5 Å². The molecule has 2 heteroatoms. The van der Waals surface area contributed by atoms with Crippen molar-refractivity contribution in [3.8, 4) is 5.75 Å². The molecule has 2 N–H and O–H groups in total. The molecule has 0 aliphatic carbocycles. The third kappa shape index (κ3) is 2.56.